The molecule has 0 saturated heterocycles. The number of aldehydes is 2. The van der Waals surface area contributed by atoms with Gasteiger partial charge in [-0.05, 0) is 57.0 Å². The minimum absolute atomic E-state index is 0.0167. The number of hydrogen-bond acceptors (Lipinski definition) is 10. The highest BCUT2D eigenvalue weighted by molar-refractivity contribution is 6.13. The van der Waals surface area contributed by atoms with Crippen LogP contribution in [0.3, 0.4) is 0 Å². The van der Waals surface area contributed by atoms with E-state index in [9.17, 15) is 38.4 Å². The highest BCUT2D eigenvalue weighted by Crippen LogP contribution is 2.22. The van der Waals surface area contributed by atoms with Crippen molar-refractivity contribution in [2.75, 3.05) is 25.1 Å². The summed E-state index contributed by atoms with van der Waals surface area (Å²) in [6.07, 6.45) is 9.69. The Morgan fingerprint density at radius 1 is 0.940 bits per heavy atom. The van der Waals surface area contributed by atoms with Crippen molar-refractivity contribution < 1.29 is 43.1 Å². The molecule has 50 heavy (non-hydrogen) atoms. The second kappa shape index (κ2) is 25.4. The number of ketones is 1. The summed E-state index contributed by atoms with van der Waals surface area (Å²) in [5.41, 5.74) is 0.213. The van der Waals surface area contributed by atoms with Crippen LogP contribution in [0.15, 0.2) is 66.5 Å². The van der Waals surface area contributed by atoms with Gasteiger partial charge in [0.2, 0.25) is 17.7 Å². The lowest BCUT2D eigenvalue weighted by atomic mass is 10.1. The van der Waals surface area contributed by atoms with E-state index in [0.717, 1.165) is 15.9 Å². The fraction of sp³-hybridized carbons (Fsp3) is 0.389. The van der Waals surface area contributed by atoms with E-state index in [-0.39, 0.29) is 54.3 Å². The third kappa shape index (κ3) is 16.4. The summed E-state index contributed by atoms with van der Waals surface area (Å²) in [4.78, 5) is 101. The molecule has 0 atom stereocenters. The first-order valence-electron chi connectivity index (χ1n) is 16.0. The van der Waals surface area contributed by atoms with Gasteiger partial charge in [-0.2, -0.15) is 0 Å². The molecule has 0 aliphatic heterocycles. The van der Waals surface area contributed by atoms with E-state index in [2.05, 4.69) is 18.1 Å². The Morgan fingerprint density at radius 3 is 2.08 bits per heavy atom. The molecular formula is C36H48N4O10. The van der Waals surface area contributed by atoms with Gasteiger partial charge in [0.1, 0.15) is 18.3 Å². The number of Topliss-reactive ketones (excluding diaryl/α,β-unsaturated/α-hetero) is 1. The topological polar surface area (TPSA) is 182 Å². The Morgan fingerprint density at radius 2 is 1.58 bits per heavy atom. The van der Waals surface area contributed by atoms with Crippen LogP contribution in [0.2, 0.25) is 0 Å². The number of anilines is 1. The molecule has 0 bridgehead atoms. The van der Waals surface area contributed by atoms with Crippen LogP contribution in [0, 0.1) is 6.92 Å². The van der Waals surface area contributed by atoms with Crippen molar-refractivity contribution in [1.29, 1.82) is 0 Å². The smallest absolute Gasteiger partial charge is 0.359 e. The Bertz CT molecular complexity index is 1530. The predicted molar refractivity (Wildman–Crippen MR) is 189 cm³/mol. The number of esters is 1. The van der Waals surface area contributed by atoms with Crippen molar-refractivity contribution in [3.05, 3.63) is 83.6 Å². The number of allylic oxidation sites excluding steroid dienone is 3. The number of hydrogen-bond donors (Lipinski definition) is 1. The van der Waals surface area contributed by atoms with Crippen LogP contribution >= 0.6 is 0 Å². The summed E-state index contributed by atoms with van der Waals surface area (Å²) in [7, 11) is 1.69. The average Bonchev–Trinajstić information content (AvgIpc) is 3.37. The monoisotopic (exact) mass is 696 g/mol. The summed E-state index contributed by atoms with van der Waals surface area (Å²) >= 11 is 0. The van der Waals surface area contributed by atoms with E-state index in [1.54, 1.807) is 46.0 Å². The maximum Gasteiger partial charge on any atom is 0.359 e. The number of unbranched alkanes of at least 4 members (excludes halogenated alkanes) is 1. The van der Waals surface area contributed by atoms with Gasteiger partial charge in [-0.15, -0.1) is 11.3 Å². The van der Waals surface area contributed by atoms with Gasteiger partial charge in [-0.25, -0.2) is 4.79 Å². The van der Waals surface area contributed by atoms with Crippen molar-refractivity contribution in [2.45, 2.75) is 72.6 Å². The first-order valence-corrected chi connectivity index (χ1v) is 16.0. The van der Waals surface area contributed by atoms with Gasteiger partial charge in [0.25, 0.3) is 0 Å². The molecule has 2 rings (SSSR count). The lowest BCUT2D eigenvalue weighted by Crippen LogP contribution is -2.34. The number of ether oxygens (including phenoxy) is 1. The van der Waals surface area contributed by atoms with Crippen molar-refractivity contribution in [3.63, 3.8) is 0 Å². The van der Waals surface area contributed by atoms with E-state index in [1.165, 1.54) is 42.2 Å². The van der Waals surface area contributed by atoms with Crippen LogP contribution in [0.5, 0.6) is 5.75 Å². The van der Waals surface area contributed by atoms with Gasteiger partial charge in [0.05, 0.1) is 12.3 Å². The quantitative estimate of drug-likeness (QED) is 0.0444. The number of aromatic nitrogens is 2. The van der Waals surface area contributed by atoms with Gasteiger partial charge in [0, 0.05) is 58.3 Å². The normalized spacial score (nSPS) is 9.94. The SMILES string of the molecule is C=C/C=C/C=O.C=CCN(C)C(=O)CCC=O.CCOC(=O)CCCCC(=O)c1c(C)[nH]c(=O)n1Oc1ccc(N(C(C)=O)C(=O)CC)cc1. The van der Waals surface area contributed by atoms with E-state index in [4.69, 9.17) is 9.57 Å². The first kappa shape index (κ1) is 44.3. The van der Waals surface area contributed by atoms with Crippen molar-refractivity contribution in [2.24, 2.45) is 0 Å². The number of rotatable bonds is 18. The number of aryl methyl sites for hydroxylation is 1. The second-order valence-electron chi connectivity index (χ2n) is 10.3. The molecule has 0 radical (unpaired) electrons. The van der Waals surface area contributed by atoms with Crippen LogP contribution in [-0.2, 0) is 33.5 Å². The Kier molecular flexibility index (Phi) is 22.5. The Labute approximate surface area is 292 Å². The van der Waals surface area contributed by atoms with E-state index < -0.39 is 11.6 Å². The molecule has 0 aliphatic carbocycles. The number of benzene rings is 1. The summed E-state index contributed by atoms with van der Waals surface area (Å²) < 4.78 is 5.75. The van der Waals surface area contributed by atoms with Crippen LogP contribution in [-0.4, -0.2) is 76.9 Å². The first-order chi connectivity index (χ1) is 23.8. The summed E-state index contributed by atoms with van der Waals surface area (Å²) in [6, 6.07) is 6.03. The molecule has 0 fully saturated rings. The highest BCUT2D eigenvalue weighted by Gasteiger charge is 2.21. The zero-order chi connectivity index (χ0) is 38.1. The third-order valence-corrected chi connectivity index (χ3v) is 6.43. The number of amides is 3. The number of imidazole rings is 1. The summed E-state index contributed by atoms with van der Waals surface area (Å²) in [5.74, 6) is -1.15. The number of nitrogens with zero attached hydrogens (tertiary/aromatic N) is 3. The molecule has 1 heterocycles. The van der Waals surface area contributed by atoms with E-state index in [0.29, 0.717) is 56.5 Å². The minimum Gasteiger partial charge on any atom is -0.466 e. The van der Waals surface area contributed by atoms with Crippen LogP contribution in [0.1, 0.15) is 81.9 Å². The molecule has 1 aromatic heterocycles. The fourth-order valence-electron chi connectivity index (χ4n) is 4.05. The zero-order valence-corrected chi connectivity index (χ0v) is 29.5. The largest absolute Gasteiger partial charge is 0.466 e. The molecule has 14 heteroatoms. The number of H-pyrrole nitrogens is 1. The highest BCUT2D eigenvalue weighted by atomic mass is 16.7. The molecule has 0 spiro atoms. The van der Waals surface area contributed by atoms with Crippen LogP contribution in [0.4, 0.5) is 5.69 Å². The van der Waals surface area contributed by atoms with Crippen molar-refractivity contribution >= 4 is 47.7 Å². The van der Waals surface area contributed by atoms with Crippen LogP contribution < -0.4 is 15.4 Å². The Balaban J connectivity index is 0.00000116. The van der Waals surface area contributed by atoms with Crippen molar-refractivity contribution in [1.82, 2.24) is 14.6 Å². The molecule has 1 aromatic carbocycles. The number of carbonyl (C=O) groups excluding carboxylic acids is 7. The maximum absolute atomic E-state index is 12.7. The zero-order valence-electron chi connectivity index (χ0n) is 29.5. The van der Waals surface area contributed by atoms with Crippen molar-refractivity contribution in [3.8, 4) is 5.75 Å². The number of likely N-dealkylation sites (N-methyl/N-ethyl adjacent to an activating group) is 1. The second-order valence-corrected chi connectivity index (χ2v) is 10.3. The molecule has 3 amide bonds. The number of aromatic amines is 1. The Hall–Kier alpha value is -5.66. The van der Waals surface area contributed by atoms with Gasteiger partial charge in [-0.3, -0.25) is 33.7 Å². The van der Waals surface area contributed by atoms with Crippen LogP contribution in [0.25, 0.3) is 0 Å². The van der Waals surface area contributed by atoms with Gasteiger partial charge in [0.15, 0.2) is 11.5 Å². The number of carbonyl (C=O) groups is 7. The number of imide groups is 1. The molecule has 1 N–H and O–H groups in total. The molecule has 2 aromatic rings. The molecule has 272 valence electrons. The summed E-state index contributed by atoms with van der Waals surface area (Å²) in [5, 5.41) is 0. The number of nitrogens with one attached hydrogen (secondary N) is 1. The van der Waals surface area contributed by atoms with E-state index >= 15 is 0 Å². The fourth-order valence-corrected chi connectivity index (χ4v) is 4.05. The maximum atomic E-state index is 12.7. The summed E-state index contributed by atoms with van der Waals surface area (Å²) in [6.45, 7) is 14.0. The standard InChI is InChI=1S/C23H29N3O7.C8H13NO2.C5H6O/c1-5-20(29)25(16(4)27)17-11-13-18(14-12-17)33-26-22(15(3)24-23(26)31)19(28)9-7-8-10-21(30)32-6-2;1-3-6-9(2)8(11)5-4-7-10;1-2-3-4-5-6/h11-14H,5-10H2,1-4H3,(H,24,31);3,7H,1,4-6H2,2H3;2-5H,1H2/b;;4-3+. The van der Waals surface area contributed by atoms with Gasteiger partial charge in [-0.1, -0.05) is 31.7 Å². The van der Waals surface area contributed by atoms with Gasteiger partial charge >= 0.3 is 11.7 Å². The molecule has 0 saturated carbocycles. The van der Waals surface area contributed by atoms with E-state index in [1.807, 2.05) is 0 Å². The molecule has 0 unspecified atom stereocenters. The average molecular weight is 697 g/mol. The third-order valence-electron chi connectivity index (χ3n) is 6.43. The predicted octanol–water partition coefficient (Wildman–Crippen LogP) is 4.46. The lowest BCUT2D eigenvalue weighted by Gasteiger charge is -2.18. The molecular weight excluding hydrogens is 648 g/mol. The lowest BCUT2D eigenvalue weighted by molar-refractivity contribution is -0.143. The van der Waals surface area contributed by atoms with Gasteiger partial charge < -0.3 is 24.3 Å². The minimum atomic E-state index is -0.613. The molecule has 0 aliphatic rings. The molecule has 14 nitrogen and oxygen atoms in total.